The molecule has 1 atom stereocenters. The lowest BCUT2D eigenvalue weighted by Crippen LogP contribution is -2.18. The fraction of sp³-hybridized carbons (Fsp3) is 0.0833. The summed E-state index contributed by atoms with van der Waals surface area (Å²) < 4.78 is 13.7. The fourth-order valence-corrected chi connectivity index (χ4v) is 1.31. The van der Waals surface area contributed by atoms with Crippen molar-refractivity contribution in [1.29, 1.82) is 0 Å². The van der Waals surface area contributed by atoms with E-state index < -0.39 is 12.1 Å². The minimum atomic E-state index is -1.82. The van der Waals surface area contributed by atoms with Gasteiger partial charge in [0.25, 0.3) is 5.91 Å². The van der Waals surface area contributed by atoms with Crippen LogP contribution in [0.4, 0.5) is 10.1 Å². The highest BCUT2D eigenvalue weighted by atomic mass is 19.1. The van der Waals surface area contributed by atoms with Crippen LogP contribution in [0.25, 0.3) is 0 Å². The maximum Gasteiger partial charge on any atom is 0.265 e. The molecule has 1 aromatic heterocycles. The zero-order chi connectivity index (χ0) is 12.1. The van der Waals surface area contributed by atoms with E-state index in [9.17, 15) is 9.18 Å². The molecule has 1 unspecified atom stereocenters. The maximum atomic E-state index is 13.7. The molecule has 1 amide bonds. The van der Waals surface area contributed by atoms with E-state index >= 15 is 0 Å². The molecule has 5 heteroatoms. The zero-order valence-electron chi connectivity index (χ0n) is 8.88. The number of carbonyl (C=O) groups is 1. The van der Waals surface area contributed by atoms with Crippen molar-refractivity contribution in [3.63, 3.8) is 0 Å². The third-order valence-corrected chi connectivity index (χ3v) is 2.12. The van der Waals surface area contributed by atoms with Crippen LogP contribution in [0, 0.1) is 0 Å². The van der Waals surface area contributed by atoms with E-state index in [4.69, 9.17) is 0 Å². The van der Waals surface area contributed by atoms with Crippen molar-refractivity contribution in [2.75, 3.05) is 5.32 Å². The number of nitrogens with zero attached hydrogens (tertiary/aromatic N) is 2. The highest BCUT2D eigenvalue weighted by Crippen LogP contribution is 2.16. The molecule has 0 fully saturated rings. The number of hydrogen-bond acceptors (Lipinski definition) is 3. The molecule has 0 radical (unpaired) electrons. The molecular weight excluding hydrogens is 221 g/mol. The Labute approximate surface area is 97.5 Å². The number of amides is 1. The van der Waals surface area contributed by atoms with Crippen LogP contribution >= 0.6 is 0 Å². The van der Waals surface area contributed by atoms with Crippen LogP contribution in [-0.4, -0.2) is 16.1 Å². The van der Waals surface area contributed by atoms with Crippen LogP contribution in [0.2, 0.25) is 0 Å². The van der Waals surface area contributed by atoms with Gasteiger partial charge in [-0.3, -0.25) is 4.79 Å². The van der Waals surface area contributed by atoms with Crippen molar-refractivity contribution in [2.24, 2.45) is 0 Å². The van der Waals surface area contributed by atoms with Crippen LogP contribution in [0.3, 0.4) is 0 Å². The smallest absolute Gasteiger partial charge is 0.265 e. The molecule has 0 aliphatic heterocycles. The molecule has 0 aliphatic rings. The number of alkyl halides is 1. The predicted molar refractivity (Wildman–Crippen MR) is 61.0 cm³/mol. The van der Waals surface area contributed by atoms with E-state index in [0.29, 0.717) is 5.69 Å². The Morgan fingerprint density at radius 2 is 1.94 bits per heavy atom. The number of benzene rings is 1. The summed E-state index contributed by atoms with van der Waals surface area (Å²) in [6.07, 6.45) is -0.394. The number of hydrogen-bond donors (Lipinski definition) is 1. The lowest BCUT2D eigenvalue weighted by atomic mass is 10.2. The summed E-state index contributed by atoms with van der Waals surface area (Å²) in [6, 6.07) is 11.6. The van der Waals surface area contributed by atoms with Crippen molar-refractivity contribution in [3.8, 4) is 0 Å². The van der Waals surface area contributed by atoms with E-state index in [0.717, 1.165) is 0 Å². The normalized spacial score (nSPS) is 11.8. The largest absolute Gasteiger partial charge is 0.323 e. The lowest BCUT2D eigenvalue weighted by molar-refractivity contribution is -0.121. The van der Waals surface area contributed by atoms with E-state index in [1.807, 2.05) is 6.07 Å². The Balaban J connectivity index is 2.06. The Morgan fingerprint density at radius 1 is 1.18 bits per heavy atom. The minimum Gasteiger partial charge on any atom is -0.323 e. The molecule has 1 heterocycles. The van der Waals surface area contributed by atoms with Crippen molar-refractivity contribution in [2.45, 2.75) is 6.17 Å². The minimum absolute atomic E-state index is 0.000862. The monoisotopic (exact) mass is 231 g/mol. The van der Waals surface area contributed by atoms with Gasteiger partial charge in [-0.1, -0.05) is 18.2 Å². The summed E-state index contributed by atoms with van der Waals surface area (Å²) in [5.74, 6) is -0.753. The molecule has 0 aliphatic carbocycles. The first-order chi connectivity index (χ1) is 8.27. The van der Waals surface area contributed by atoms with Gasteiger partial charge in [0.05, 0.1) is 0 Å². The van der Waals surface area contributed by atoms with Crippen LogP contribution in [-0.2, 0) is 4.79 Å². The van der Waals surface area contributed by atoms with Gasteiger partial charge in [-0.15, -0.1) is 0 Å². The van der Waals surface area contributed by atoms with Crippen LogP contribution in [0.15, 0.2) is 48.7 Å². The van der Waals surface area contributed by atoms with E-state index in [1.165, 1.54) is 18.3 Å². The van der Waals surface area contributed by atoms with Crippen LogP contribution < -0.4 is 5.32 Å². The van der Waals surface area contributed by atoms with Gasteiger partial charge in [0.1, 0.15) is 5.69 Å². The molecular formula is C12H10FN3O. The lowest BCUT2D eigenvalue weighted by Gasteiger charge is -2.08. The molecule has 0 spiro atoms. The van der Waals surface area contributed by atoms with Gasteiger partial charge in [-0.25, -0.2) is 4.39 Å². The van der Waals surface area contributed by atoms with E-state index in [-0.39, 0.29) is 5.69 Å². The van der Waals surface area contributed by atoms with E-state index in [2.05, 4.69) is 15.5 Å². The highest BCUT2D eigenvalue weighted by Gasteiger charge is 2.21. The third kappa shape index (κ3) is 2.84. The molecule has 2 rings (SSSR count). The average Bonchev–Trinajstić information content (AvgIpc) is 2.40. The van der Waals surface area contributed by atoms with Gasteiger partial charge in [0.15, 0.2) is 0 Å². The summed E-state index contributed by atoms with van der Waals surface area (Å²) in [7, 11) is 0. The first-order valence-corrected chi connectivity index (χ1v) is 5.05. The summed E-state index contributed by atoms with van der Waals surface area (Å²) in [5, 5.41) is 9.54. The molecule has 0 saturated carbocycles. The molecule has 0 saturated heterocycles. The highest BCUT2D eigenvalue weighted by molar-refractivity contribution is 5.94. The Hall–Kier alpha value is -2.30. The number of anilines is 1. The number of nitrogens with one attached hydrogen (secondary N) is 1. The van der Waals surface area contributed by atoms with Gasteiger partial charge in [0, 0.05) is 11.9 Å². The van der Waals surface area contributed by atoms with Gasteiger partial charge >= 0.3 is 0 Å². The third-order valence-electron chi connectivity index (χ3n) is 2.12. The first-order valence-electron chi connectivity index (χ1n) is 5.05. The number of carbonyl (C=O) groups excluding carboxylic acids is 1. The Morgan fingerprint density at radius 3 is 2.59 bits per heavy atom. The Bertz CT molecular complexity index is 490. The van der Waals surface area contributed by atoms with Gasteiger partial charge in [-0.2, -0.15) is 10.2 Å². The molecule has 0 bridgehead atoms. The standard InChI is InChI=1S/C12H10FN3O/c13-11(10-7-4-8-14-16-10)12(17)15-9-5-2-1-3-6-9/h1-8,11H,(H,15,17). The van der Waals surface area contributed by atoms with Crippen LogP contribution in [0.5, 0.6) is 0 Å². The van der Waals surface area contributed by atoms with Gasteiger partial charge < -0.3 is 5.32 Å². The topological polar surface area (TPSA) is 54.9 Å². The van der Waals surface area contributed by atoms with Crippen molar-refractivity contribution >= 4 is 11.6 Å². The summed E-state index contributed by atoms with van der Waals surface area (Å²) in [5.41, 5.74) is 0.546. The first kappa shape index (κ1) is 11.2. The van der Waals surface area contributed by atoms with Crippen LogP contribution in [0.1, 0.15) is 11.9 Å². The number of aromatic nitrogens is 2. The van der Waals surface area contributed by atoms with Crippen molar-refractivity contribution in [3.05, 3.63) is 54.4 Å². The molecule has 17 heavy (non-hydrogen) atoms. The molecule has 1 N–H and O–H groups in total. The fourth-order valence-electron chi connectivity index (χ4n) is 1.31. The summed E-state index contributed by atoms with van der Waals surface area (Å²) >= 11 is 0. The summed E-state index contributed by atoms with van der Waals surface area (Å²) in [6.45, 7) is 0. The zero-order valence-corrected chi connectivity index (χ0v) is 8.88. The van der Waals surface area contributed by atoms with E-state index in [1.54, 1.807) is 24.3 Å². The second-order valence-electron chi connectivity index (χ2n) is 3.37. The van der Waals surface area contributed by atoms with Gasteiger partial charge in [0.2, 0.25) is 6.17 Å². The average molecular weight is 231 g/mol. The SMILES string of the molecule is O=C(Nc1ccccc1)C(F)c1cccnn1. The maximum absolute atomic E-state index is 13.7. The quantitative estimate of drug-likeness (QED) is 0.880. The number of halogens is 1. The second-order valence-corrected chi connectivity index (χ2v) is 3.37. The molecule has 1 aromatic carbocycles. The number of rotatable bonds is 3. The summed E-state index contributed by atoms with van der Waals surface area (Å²) in [4.78, 5) is 11.6. The molecule has 2 aromatic rings. The van der Waals surface area contributed by atoms with Gasteiger partial charge in [-0.05, 0) is 24.3 Å². The van der Waals surface area contributed by atoms with Crippen molar-refractivity contribution < 1.29 is 9.18 Å². The second kappa shape index (κ2) is 5.16. The molecule has 86 valence electrons. The predicted octanol–water partition coefficient (Wildman–Crippen LogP) is 2.13. The molecule has 4 nitrogen and oxygen atoms in total. The van der Waals surface area contributed by atoms with Crippen molar-refractivity contribution in [1.82, 2.24) is 10.2 Å². The Kier molecular flexibility index (Phi) is 3.40. The number of para-hydroxylation sites is 1.